The number of rotatable bonds is 5. The molecule has 0 amide bonds. The van der Waals surface area contributed by atoms with Crippen molar-refractivity contribution in [3.05, 3.63) is 0 Å². The topological polar surface area (TPSA) is 34.1 Å². The van der Waals surface area contributed by atoms with Gasteiger partial charge in [-0.2, -0.15) is 0 Å². The fraction of sp³-hybridized carbons (Fsp3) is 1.00. The normalized spacial score (nSPS) is 25.2. The van der Waals surface area contributed by atoms with E-state index in [4.69, 9.17) is 0 Å². The van der Waals surface area contributed by atoms with Gasteiger partial charge in [0, 0.05) is 0 Å². The fourth-order valence-corrected chi connectivity index (χ4v) is 4.33. The third kappa shape index (κ3) is 3.47. The Morgan fingerprint density at radius 3 is 2.19 bits per heavy atom. The molecule has 1 atom stereocenters. The van der Waals surface area contributed by atoms with Crippen molar-refractivity contribution in [3.8, 4) is 0 Å². The molecule has 16 heavy (non-hydrogen) atoms. The summed E-state index contributed by atoms with van der Waals surface area (Å²) in [5, 5.41) is 0. The number of sulfone groups is 1. The lowest BCUT2D eigenvalue weighted by Gasteiger charge is -2.39. The second kappa shape index (κ2) is 5.52. The molecule has 1 fully saturated rings. The summed E-state index contributed by atoms with van der Waals surface area (Å²) < 4.78 is 22.9. The Hall–Kier alpha value is -0.0500. The molecule has 3 heteroatoms. The van der Waals surface area contributed by atoms with E-state index >= 15 is 0 Å². The Kier molecular flexibility index (Phi) is 4.84. The Labute approximate surface area is 101 Å². The number of unbranched alkanes of at least 4 members (excludes halogenated alkanes) is 1. The second-order valence-corrected chi connectivity index (χ2v) is 7.84. The van der Waals surface area contributed by atoms with Gasteiger partial charge < -0.3 is 0 Å². The van der Waals surface area contributed by atoms with E-state index in [1.165, 1.54) is 25.7 Å². The van der Waals surface area contributed by atoms with Crippen molar-refractivity contribution >= 4 is 9.84 Å². The maximum Gasteiger partial charge on any atom is 0.150 e. The molecule has 0 aromatic carbocycles. The Bertz CT molecular complexity index is 294. The van der Waals surface area contributed by atoms with E-state index in [-0.39, 0.29) is 0 Å². The van der Waals surface area contributed by atoms with Crippen molar-refractivity contribution in [2.75, 3.05) is 11.5 Å². The smallest absolute Gasteiger partial charge is 0.150 e. The van der Waals surface area contributed by atoms with Crippen molar-refractivity contribution in [1.29, 1.82) is 0 Å². The van der Waals surface area contributed by atoms with E-state index in [2.05, 4.69) is 20.8 Å². The predicted molar refractivity (Wildman–Crippen MR) is 69.3 cm³/mol. The van der Waals surface area contributed by atoms with Gasteiger partial charge in [0.2, 0.25) is 0 Å². The summed E-state index contributed by atoms with van der Waals surface area (Å²) in [6, 6.07) is 0. The van der Waals surface area contributed by atoms with Crippen LogP contribution in [0.25, 0.3) is 0 Å². The maximum absolute atomic E-state index is 11.4. The maximum atomic E-state index is 11.4. The van der Waals surface area contributed by atoms with Crippen LogP contribution in [0.5, 0.6) is 0 Å². The molecule has 1 aliphatic rings. The summed E-state index contributed by atoms with van der Waals surface area (Å²) in [5.74, 6) is 1.45. The summed E-state index contributed by atoms with van der Waals surface area (Å²) in [5.41, 5.74) is 0.367. The van der Waals surface area contributed by atoms with Crippen molar-refractivity contribution in [2.24, 2.45) is 11.3 Å². The summed E-state index contributed by atoms with van der Waals surface area (Å²) in [7, 11) is -2.70. The van der Waals surface area contributed by atoms with Crippen LogP contribution in [0.1, 0.15) is 59.3 Å². The van der Waals surface area contributed by atoms with Crippen LogP contribution >= 0.6 is 0 Å². The Morgan fingerprint density at radius 2 is 1.75 bits per heavy atom. The highest BCUT2D eigenvalue weighted by Crippen LogP contribution is 2.42. The molecule has 0 spiro atoms. The van der Waals surface area contributed by atoms with Gasteiger partial charge in [-0.15, -0.1) is 0 Å². The molecule has 96 valence electrons. The van der Waals surface area contributed by atoms with Crippen molar-refractivity contribution in [3.63, 3.8) is 0 Å². The molecule has 1 heterocycles. The van der Waals surface area contributed by atoms with Gasteiger partial charge in [-0.1, -0.05) is 40.0 Å². The third-order valence-electron chi connectivity index (χ3n) is 4.45. The van der Waals surface area contributed by atoms with Gasteiger partial charge in [-0.3, -0.25) is 0 Å². The monoisotopic (exact) mass is 246 g/mol. The predicted octanol–water partition coefficient (Wildman–Crippen LogP) is 3.42. The average molecular weight is 246 g/mol. The van der Waals surface area contributed by atoms with Gasteiger partial charge in [0.25, 0.3) is 0 Å². The SMILES string of the molecule is CCCCC(C)(CC)C1CCS(=O)(=O)CC1. The number of hydrogen-bond donors (Lipinski definition) is 0. The molecule has 0 radical (unpaired) electrons. The van der Waals surface area contributed by atoms with E-state index in [0.29, 0.717) is 22.8 Å². The number of hydrogen-bond acceptors (Lipinski definition) is 2. The lowest BCUT2D eigenvalue weighted by molar-refractivity contribution is 0.144. The summed E-state index contributed by atoms with van der Waals surface area (Å²) >= 11 is 0. The zero-order valence-electron chi connectivity index (χ0n) is 11.0. The quantitative estimate of drug-likeness (QED) is 0.745. The largest absolute Gasteiger partial charge is 0.229 e. The molecule has 1 saturated heterocycles. The van der Waals surface area contributed by atoms with E-state index in [0.717, 1.165) is 12.8 Å². The molecular weight excluding hydrogens is 220 g/mol. The molecule has 1 aliphatic heterocycles. The van der Waals surface area contributed by atoms with Crippen LogP contribution < -0.4 is 0 Å². The van der Waals surface area contributed by atoms with E-state index in [9.17, 15) is 8.42 Å². The summed E-state index contributed by atoms with van der Waals surface area (Å²) in [6.45, 7) is 6.82. The first-order valence-corrected chi connectivity index (χ1v) is 8.46. The molecule has 2 nitrogen and oxygen atoms in total. The van der Waals surface area contributed by atoms with Gasteiger partial charge in [0.1, 0.15) is 9.84 Å². The second-order valence-electron chi connectivity index (χ2n) is 5.54. The van der Waals surface area contributed by atoms with Gasteiger partial charge in [0.05, 0.1) is 11.5 Å². The van der Waals surface area contributed by atoms with Gasteiger partial charge >= 0.3 is 0 Å². The molecule has 0 N–H and O–H groups in total. The lowest BCUT2D eigenvalue weighted by atomic mass is 9.69. The Morgan fingerprint density at radius 1 is 1.19 bits per heavy atom. The van der Waals surface area contributed by atoms with Crippen LogP contribution in [0, 0.1) is 11.3 Å². The molecule has 0 aliphatic carbocycles. The minimum atomic E-state index is -2.70. The van der Waals surface area contributed by atoms with E-state index in [1.54, 1.807) is 0 Å². The molecule has 0 aromatic heterocycles. The van der Waals surface area contributed by atoms with E-state index in [1.807, 2.05) is 0 Å². The van der Waals surface area contributed by atoms with Gasteiger partial charge in [-0.25, -0.2) is 8.42 Å². The van der Waals surface area contributed by atoms with Gasteiger partial charge in [0.15, 0.2) is 0 Å². The highest BCUT2D eigenvalue weighted by molar-refractivity contribution is 7.91. The van der Waals surface area contributed by atoms with E-state index < -0.39 is 9.84 Å². The fourth-order valence-electron chi connectivity index (χ4n) is 2.84. The van der Waals surface area contributed by atoms with Crippen LogP contribution in [-0.4, -0.2) is 19.9 Å². The van der Waals surface area contributed by atoms with Crippen LogP contribution in [0.15, 0.2) is 0 Å². The molecule has 0 bridgehead atoms. The molecule has 1 unspecified atom stereocenters. The average Bonchev–Trinajstić information content (AvgIpc) is 2.26. The van der Waals surface area contributed by atoms with Crippen LogP contribution in [0.2, 0.25) is 0 Å². The standard InChI is InChI=1S/C13H26O2S/c1-4-6-9-13(3,5-2)12-7-10-16(14,15)11-8-12/h12H,4-11H2,1-3H3. The highest BCUT2D eigenvalue weighted by atomic mass is 32.2. The molecule has 0 aromatic rings. The van der Waals surface area contributed by atoms with Gasteiger partial charge in [-0.05, 0) is 30.6 Å². The molecule has 0 saturated carbocycles. The lowest BCUT2D eigenvalue weighted by Crippen LogP contribution is -2.34. The Balaban J connectivity index is 2.61. The molecule has 1 rings (SSSR count). The zero-order chi connectivity index (χ0) is 12.2. The van der Waals surface area contributed by atoms with Crippen molar-refractivity contribution < 1.29 is 8.42 Å². The van der Waals surface area contributed by atoms with Crippen molar-refractivity contribution in [1.82, 2.24) is 0 Å². The van der Waals surface area contributed by atoms with Crippen LogP contribution in [-0.2, 0) is 9.84 Å². The minimum Gasteiger partial charge on any atom is -0.229 e. The summed E-state index contributed by atoms with van der Waals surface area (Å²) in [6.07, 6.45) is 6.71. The first-order valence-electron chi connectivity index (χ1n) is 6.64. The van der Waals surface area contributed by atoms with Crippen molar-refractivity contribution in [2.45, 2.75) is 59.3 Å². The highest BCUT2D eigenvalue weighted by Gasteiger charge is 2.36. The minimum absolute atomic E-state index is 0.367. The first kappa shape index (κ1) is 14.0. The first-order chi connectivity index (χ1) is 7.43. The van der Waals surface area contributed by atoms with Crippen LogP contribution in [0.3, 0.4) is 0 Å². The zero-order valence-corrected chi connectivity index (χ0v) is 11.8. The van der Waals surface area contributed by atoms with Crippen LogP contribution in [0.4, 0.5) is 0 Å². The third-order valence-corrected chi connectivity index (χ3v) is 6.16. The summed E-state index contributed by atoms with van der Waals surface area (Å²) in [4.78, 5) is 0. The molecular formula is C13H26O2S.